The summed E-state index contributed by atoms with van der Waals surface area (Å²) < 4.78 is 5.20. The maximum atomic E-state index is 12.1. The van der Waals surface area contributed by atoms with Crippen molar-refractivity contribution in [3.63, 3.8) is 0 Å². The summed E-state index contributed by atoms with van der Waals surface area (Å²) in [5.74, 6) is 0.714. The number of pyridine rings is 1. The van der Waals surface area contributed by atoms with Gasteiger partial charge in [-0.25, -0.2) is 4.98 Å². The molecule has 1 heterocycles. The first-order valence-electron chi connectivity index (χ1n) is 7.27. The Kier molecular flexibility index (Phi) is 5.97. The van der Waals surface area contributed by atoms with Gasteiger partial charge < -0.3 is 21.5 Å². The van der Waals surface area contributed by atoms with Crippen LogP contribution in [-0.2, 0) is 4.79 Å². The van der Waals surface area contributed by atoms with Crippen molar-refractivity contribution in [1.82, 2.24) is 4.98 Å². The Bertz CT molecular complexity index is 849. The molecule has 0 aliphatic heterocycles. The van der Waals surface area contributed by atoms with Gasteiger partial charge in [0.05, 0.1) is 7.11 Å². The van der Waals surface area contributed by atoms with Gasteiger partial charge in [0.1, 0.15) is 23.1 Å². The first-order valence-corrected chi connectivity index (χ1v) is 7.64. The Labute approximate surface area is 150 Å². The number of nitrogens with zero attached hydrogens (tertiary/aromatic N) is 2. The summed E-state index contributed by atoms with van der Waals surface area (Å²) in [6.07, 6.45) is 2.63. The Morgan fingerprint density at radius 1 is 1.32 bits per heavy atom. The van der Waals surface area contributed by atoms with Crippen LogP contribution in [0.15, 0.2) is 47.6 Å². The number of nitrogen functional groups attached to an aromatic ring is 1. The van der Waals surface area contributed by atoms with Gasteiger partial charge in [-0.3, -0.25) is 9.79 Å². The summed E-state index contributed by atoms with van der Waals surface area (Å²) in [7, 11) is 3.06. The van der Waals surface area contributed by atoms with Crippen molar-refractivity contribution in [2.75, 3.05) is 25.2 Å². The van der Waals surface area contributed by atoms with E-state index in [9.17, 15) is 4.79 Å². The normalized spacial score (nSPS) is 11.6. The first kappa shape index (κ1) is 18.3. The van der Waals surface area contributed by atoms with E-state index in [1.165, 1.54) is 19.3 Å². The first-order chi connectivity index (χ1) is 12.0. The zero-order chi connectivity index (χ0) is 18.4. The van der Waals surface area contributed by atoms with Gasteiger partial charge in [-0.1, -0.05) is 11.6 Å². The number of benzene rings is 1. The van der Waals surface area contributed by atoms with Crippen LogP contribution in [0, 0.1) is 0 Å². The number of halogens is 1. The molecule has 7 nitrogen and oxygen atoms in total. The number of nitrogens with two attached hydrogens (primary N) is 2. The van der Waals surface area contributed by atoms with Crippen molar-refractivity contribution in [3.05, 3.63) is 47.6 Å². The third kappa shape index (κ3) is 4.27. The molecule has 1 amide bonds. The molecule has 2 aromatic rings. The van der Waals surface area contributed by atoms with Crippen molar-refractivity contribution in [3.8, 4) is 16.9 Å². The largest absolute Gasteiger partial charge is 0.497 e. The van der Waals surface area contributed by atoms with Crippen molar-refractivity contribution in [2.24, 2.45) is 10.7 Å². The second kappa shape index (κ2) is 8.16. The summed E-state index contributed by atoms with van der Waals surface area (Å²) in [6, 6.07) is 8.58. The predicted octanol–water partition coefficient (Wildman–Crippen LogP) is 2.47. The van der Waals surface area contributed by atoms with Crippen LogP contribution in [-0.4, -0.2) is 30.8 Å². The number of aromatic nitrogens is 1. The zero-order valence-electron chi connectivity index (χ0n) is 13.8. The van der Waals surface area contributed by atoms with E-state index in [-0.39, 0.29) is 17.3 Å². The molecule has 0 bridgehead atoms. The van der Waals surface area contributed by atoms with Gasteiger partial charge in [-0.15, -0.1) is 0 Å². The summed E-state index contributed by atoms with van der Waals surface area (Å²) in [4.78, 5) is 20.1. The van der Waals surface area contributed by atoms with Crippen LogP contribution in [0.4, 0.5) is 11.6 Å². The van der Waals surface area contributed by atoms with Crippen molar-refractivity contribution >= 4 is 34.9 Å². The van der Waals surface area contributed by atoms with E-state index in [1.54, 1.807) is 37.4 Å². The van der Waals surface area contributed by atoms with E-state index in [0.29, 0.717) is 21.9 Å². The SMILES string of the molecule is CN=C(/C=C\N)C(=O)Nc1ccc(-c2cc(OC)ccc2Cl)c(N)n1. The number of amides is 1. The molecule has 0 saturated carbocycles. The number of carbonyl (C=O) groups is 1. The topological polar surface area (TPSA) is 116 Å². The highest BCUT2D eigenvalue weighted by molar-refractivity contribution is 6.47. The van der Waals surface area contributed by atoms with E-state index in [2.05, 4.69) is 15.3 Å². The van der Waals surface area contributed by atoms with E-state index < -0.39 is 5.91 Å². The Balaban J connectivity index is 2.31. The summed E-state index contributed by atoms with van der Waals surface area (Å²) >= 11 is 6.24. The molecule has 0 aliphatic rings. The molecule has 1 aromatic carbocycles. The fourth-order valence-corrected chi connectivity index (χ4v) is 2.35. The van der Waals surface area contributed by atoms with Crippen molar-refractivity contribution in [1.29, 1.82) is 0 Å². The van der Waals surface area contributed by atoms with Crippen molar-refractivity contribution in [2.45, 2.75) is 0 Å². The van der Waals surface area contributed by atoms with E-state index in [1.807, 2.05) is 0 Å². The average Bonchev–Trinajstić information content (AvgIpc) is 2.60. The number of anilines is 2. The molecule has 5 N–H and O–H groups in total. The number of aliphatic imine (C=N–C) groups is 1. The van der Waals surface area contributed by atoms with Gasteiger partial charge in [0.25, 0.3) is 5.91 Å². The number of carbonyl (C=O) groups excluding carboxylic acids is 1. The summed E-state index contributed by atoms with van der Waals surface area (Å²) in [5.41, 5.74) is 12.8. The summed E-state index contributed by atoms with van der Waals surface area (Å²) in [5, 5.41) is 3.12. The minimum atomic E-state index is -0.441. The molecular formula is C17H18ClN5O2. The van der Waals surface area contributed by atoms with Gasteiger partial charge in [0.2, 0.25) is 0 Å². The average molecular weight is 360 g/mol. The monoisotopic (exact) mass is 359 g/mol. The molecule has 0 saturated heterocycles. The molecule has 0 fully saturated rings. The maximum Gasteiger partial charge on any atom is 0.274 e. The fourth-order valence-electron chi connectivity index (χ4n) is 2.13. The smallest absolute Gasteiger partial charge is 0.274 e. The number of ether oxygens (including phenoxy) is 1. The molecule has 1 aromatic heterocycles. The van der Waals surface area contributed by atoms with Gasteiger partial charge >= 0.3 is 0 Å². The lowest BCUT2D eigenvalue weighted by Gasteiger charge is -2.11. The zero-order valence-corrected chi connectivity index (χ0v) is 14.5. The molecule has 0 unspecified atom stereocenters. The molecule has 0 aliphatic carbocycles. The van der Waals surface area contributed by atoms with Gasteiger partial charge in [-0.05, 0) is 42.6 Å². The van der Waals surface area contributed by atoms with E-state index in [4.69, 9.17) is 27.8 Å². The van der Waals surface area contributed by atoms with Crippen LogP contribution < -0.4 is 21.5 Å². The molecule has 0 atom stereocenters. The highest BCUT2D eigenvalue weighted by Crippen LogP contribution is 2.34. The van der Waals surface area contributed by atoms with Crippen LogP contribution in [0.2, 0.25) is 5.02 Å². The lowest BCUT2D eigenvalue weighted by molar-refractivity contribution is -0.110. The van der Waals surface area contributed by atoms with Crippen LogP contribution in [0.3, 0.4) is 0 Å². The minimum Gasteiger partial charge on any atom is -0.497 e. The Morgan fingerprint density at radius 3 is 2.68 bits per heavy atom. The van der Waals surface area contributed by atoms with Crippen LogP contribution in [0.25, 0.3) is 11.1 Å². The van der Waals surface area contributed by atoms with Gasteiger partial charge in [0, 0.05) is 23.2 Å². The number of rotatable bonds is 5. The third-order valence-electron chi connectivity index (χ3n) is 3.36. The van der Waals surface area contributed by atoms with Crippen LogP contribution in [0.5, 0.6) is 5.75 Å². The quantitative estimate of drug-likeness (QED) is 0.709. The van der Waals surface area contributed by atoms with E-state index in [0.717, 1.165) is 0 Å². The molecule has 8 heteroatoms. The molecule has 130 valence electrons. The lowest BCUT2D eigenvalue weighted by Crippen LogP contribution is -2.22. The second-order valence-electron chi connectivity index (χ2n) is 4.90. The van der Waals surface area contributed by atoms with Crippen LogP contribution >= 0.6 is 11.6 Å². The molecule has 0 radical (unpaired) electrons. The molecule has 0 spiro atoms. The highest BCUT2D eigenvalue weighted by atomic mass is 35.5. The van der Waals surface area contributed by atoms with Crippen molar-refractivity contribution < 1.29 is 9.53 Å². The minimum absolute atomic E-state index is 0.169. The molecule has 25 heavy (non-hydrogen) atoms. The standard InChI is InChI=1S/C17H18ClN5O2/c1-21-14(7-8-19)17(24)23-15-6-4-11(16(20)22-15)12-9-10(25-2)3-5-13(12)18/h3-9H,19H2,1-2H3,(H3,20,22,23,24)/b8-7-,21-14?. The fraction of sp³-hybridized carbons (Fsp3) is 0.118. The second-order valence-corrected chi connectivity index (χ2v) is 5.30. The lowest BCUT2D eigenvalue weighted by atomic mass is 10.1. The number of hydrogen-bond donors (Lipinski definition) is 3. The molecule has 2 rings (SSSR count). The predicted molar refractivity (Wildman–Crippen MR) is 101 cm³/mol. The Hall–Kier alpha value is -3.06. The van der Waals surface area contributed by atoms with E-state index >= 15 is 0 Å². The van der Waals surface area contributed by atoms with Gasteiger partial charge in [-0.2, -0.15) is 0 Å². The van der Waals surface area contributed by atoms with Crippen LogP contribution in [0.1, 0.15) is 0 Å². The highest BCUT2D eigenvalue weighted by Gasteiger charge is 2.13. The number of hydrogen-bond acceptors (Lipinski definition) is 6. The Morgan fingerprint density at radius 2 is 2.08 bits per heavy atom. The summed E-state index contributed by atoms with van der Waals surface area (Å²) in [6.45, 7) is 0. The molecular weight excluding hydrogens is 342 g/mol. The maximum absolute atomic E-state index is 12.1. The van der Waals surface area contributed by atoms with Gasteiger partial charge in [0.15, 0.2) is 0 Å². The third-order valence-corrected chi connectivity index (χ3v) is 3.69. The number of nitrogens with one attached hydrogen (secondary N) is 1. The number of methoxy groups -OCH3 is 1.